The van der Waals surface area contributed by atoms with Crippen molar-refractivity contribution in [1.29, 1.82) is 0 Å². The van der Waals surface area contributed by atoms with Gasteiger partial charge in [0.2, 0.25) is 0 Å². The van der Waals surface area contributed by atoms with E-state index in [0.29, 0.717) is 12.0 Å². The van der Waals surface area contributed by atoms with Crippen LogP contribution in [0.25, 0.3) is 0 Å². The summed E-state index contributed by atoms with van der Waals surface area (Å²) in [4.78, 5) is 0. The molecule has 0 amide bonds. The van der Waals surface area contributed by atoms with E-state index in [9.17, 15) is 8.78 Å². The summed E-state index contributed by atoms with van der Waals surface area (Å²) in [6.45, 7) is 0.978. The van der Waals surface area contributed by atoms with E-state index >= 15 is 0 Å². The monoisotopic (exact) mass is 213 g/mol. The van der Waals surface area contributed by atoms with Crippen LogP contribution in [-0.2, 0) is 6.42 Å². The van der Waals surface area contributed by atoms with Crippen molar-refractivity contribution in [3.63, 3.8) is 0 Å². The second-order valence-corrected chi connectivity index (χ2v) is 3.65. The van der Waals surface area contributed by atoms with Gasteiger partial charge in [0.15, 0.2) is 0 Å². The molecule has 0 atom stereocenters. The Balaban J connectivity index is 2.33. The predicted octanol–water partition coefficient (Wildman–Crippen LogP) is 2.90. The van der Waals surface area contributed by atoms with Crippen LogP contribution < -0.4 is 5.32 Å². The Bertz CT molecular complexity index is 300. The van der Waals surface area contributed by atoms with Crippen LogP contribution in [0.15, 0.2) is 18.2 Å². The minimum atomic E-state index is -0.360. The van der Waals surface area contributed by atoms with Gasteiger partial charge in [-0.05, 0) is 56.6 Å². The molecule has 0 unspecified atom stereocenters. The van der Waals surface area contributed by atoms with Crippen molar-refractivity contribution in [1.82, 2.24) is 5.32 Å². The van der Waals surface area contributed by atoms with E-state index in [1.165, 1.54) is 12.1 Å². The number of hydrogen-bond acceptors (Lipinski definition) is 1. The standard InChI is InChI=1S/C12H17F2N/c1-15-8-4-2-3-5-10-9-11(13)6-7-12(10)14/h6-7,9,15H,2-5,8H2,1H3. The summed E-state index contributed by atoms with van der Waals surface area (Å²) in [6, 6.07) is 3.63. The molecular weight excluding hydrogens is 196 g/mol. The molecule has 1 aromatic rings. The van der Waals surface area contributed by atoms with Gasteiger partial charge >= 0.3 is 0 Å². The topological polar surface area (TPSA) is 12.0 Å². The van der Waals surface area contributed by atoms with Gasteiger partial charge in [-0.25, -0.2) is 8.78 Å². The van der Waals surface area contributed by atoms with Crippen molar-refractivity contribution in [3.05, 3.63) is 35.4 Å². The van der Waals surface area contributed by atoms with Crippen LogP contribution in [0.2, 0.25) is 0 Å². The summed E-state index contributed by atoms with van der Waals surface area (Å²) in [7, 11) is 1.91. The van der Waals surface area contributed by atoms with Crippen LogP contribution in [0.1, 0.15) is 24.8 Å². The molecule has 15 heavy (non-hydrogen) atoms. The molecule has 1 aromatic carbocycles. The Hall–Kier alpha value is -0.960. The summed E-state index contributed by atoms with van der Waals surface area (Å²) in [6.07, 6.45) is 3.64. The van der Waals surface area contributed by atoms with Gasteiger partial charge in [0.05, 0.1) is 0 Å². The first-order chi connectivity index (χ1) is 7.24. The molecule has 0 bridgehead atoms. The van der Waals surface area contributed by atoms with E-state index in [2.05, 4.69) is 5.32 Å². The highest BCUT2D eigenvalue weighted by Gasteiger charge is 2.02. The fourth-order valence-electron chi connectivity index (χ4n) is 1.53. The van der Waals surface area contributed by atoms with Crippen LogP contribution in [0.5, 0.6) is 0 Å². The molecule has 0 saturated carbocycles. The third-order valence-corrected chi connectivity index (χ3v) is 2.38. The minimum absolute atomic E-state index is 0.301. The van der Waals surface area contributed by atoms with Crippen LogP contribution >= 0.6 is 0 Å². The second-order valence-electron chi connectivity index (χ2n) is 3.65. The molecule has 0 spiro atoms. The summed E-state index contributed by atoms with van der Waals surface area (Å²) in [5.41, 5.74) is 0.486. The van der Waals surface area contributed by atoms with Crippen LogP contribution in [0, 0.1) is 11.6 Å². The molecule has 1 nitrogen and oxygen atoms in total. The number of nitrogens with one attached hydrogen (secondary N) is 1. The van der Waals surface area contributed by atoms with E-state index in [0.717, 1.165) is 31.9 Å². The number of aryl methyl sites for hydroxylation is 1. The first-order valence-corrected chi connectivity index (χ1v) is 5.32. The summed E-state index contributed by atoms with van der Waals surface area (Å²) in [5, 5.41) is 3.05. The smallest absolute Gasteiger partial charge is 0.126 e. The van der Waals surface area contributed by atoms with Gasteiger partial charge in [-0.2, -0.15) is 0 Å². The zero-order valence-electron chi connectivity index (χ0n) is 9.02. The maximum atomic E-state index is 13.2. The van der Waals surface area contributed by atoms with Crippen LogP contribution in [0.3, 0.4) is 0 Å². The van der Waals surface area contributed by atoms with Crippen molar-refractivity contribution in [2.24, 2.45) is 0 Å². The third kappa shape index (κ3) is 4.38. The normalized spacial score (nSPS) is 10.6. The molecule has 0 heterocycles. The molecule has 0 fully saturated rings. The van der Waals surface area contributed by atoms with Crippen LogP contribution in [-0.4, -0.2) is 13.6 Å². The second kappa shape index (κ2) is 6.51. The van der Waals surface area contributed by atoms with E-state index in [-0.39, 0.29) is 11.6 Å². The van der Waals surface area contributed by atoms with Gasteiger partial charge in [-0.15, -0.1) is 0 Å². The van der Waals surface area contributed by atoms with E-state index in [4.69, 9.17) is 0 Å². The SMILES string of the molecule is CNCCCCCc1cc(F)ccc1F. The lowest BCUT2D eigenvalue weighted by atomic mass is 10.1. The average Bonchev–Trinajstić information content (AvgIpc) is 2.23. The predicted molar refractivity (Wildman–Crippen MR) is 57.8 cm³/mol. The first-order valence-electron chi connectivity index (χ1n) is 5.32. The van der Waals surface area contributed by atoms with Crippen LogP contribution in [0.4, 0.5) is 8.78 Å². The first kappa shape index (κ1) is 12.1. The minimum Gasteiger partial charge on any atom is -0.320 e. The Morgan fingerprint density at radius 2 is 1.93 bits per heavy atom. The van der Waals surface area contributed by atoms with Crippen molar-refractivity contribution < 1.29 is 8.78 Å². The third-order valence-electron chi connectivity index (χ3n) is 2.38. The number of rotatable bonds is 6. The Labute approximate surface area is 89.5 Å². The number of unbranched alkanes of at least 4 members (excludes halogenated alkanes) is 2. The molecular formula is C12H17F2N. The number of hydrogen-bond donors (Lipinski definition) is 1. The van der Waals surface area contributed by atoms with Gasteiger partial charge in [-0.1, -0.05) is 6.42 Å². The highest BCUT2D eigenvalue weighted by molar-refractivity contribution is 5.18. The molecule has 84 valence electrons. The largest absolute Gasteiger partial charge is 0.320 e. The zero-order valence-corrected chi connectivity index (χ0v) is 9.02. The maximum absolute atomic E-state index is 13.2. The number of benzene rings is 1. The molecule has 0 saturated heterocycles. The van der Waals surface area contributed by atoms with Gasteiger partial charge in [0, 0.05) is 0 Å². The molecule has 0 aliphatic heterocycles. The van der Waals surface area contributed by atoms with Gasteiger partial charge in [0.25, 0.3) is 0 Å². The Kier molecular flexibility index (Phi) is 5.26. The lowest BCUT2D eigenvalue weighted by Gasteiger charge is -2.03. The Morgan fingerprint density at radius 3 is 2.67 bits per heavy atom. The van der Waals surface area contributed by atoms with Crippen molar-refractivity contribution >= 4 is 0 Å². The number of halogens is 2. The molecule has 1 rings (SSSR count). The van der Waals surface area contributed by atoms with Crippen molar-refractivity contribution in [3.8, 4) is 0 Å². The summed E-state index contributed by atoms with van der Waals surface area (Å²) >= 11 is 0. The highest BCUT2D eigenvalue weighted by Crippen LogP contribution is 2.13. The lowest BCUT2D eigenvalue weighted by Crippen LogP contribution is -2.07. The van der Waals surface area contributed by atoms with Crippen molar-refractivity contribution in [2.75, 3.05) is 13.6 Å². The summed E-state index contributed by atoms with van der Waals surface area (Å²) in [5.74, 6) is -0.661. The van der Waals surface area contributed by atoms with Gasteiger partial charge in [-0.3, -0.25) is 0 Å². The quantitative estimate of drug-likeness (QED) is 0.716. The Morgan fingerprint density at radius 1 is 1.13 bits per heavy atom. The van der Waals surface area contributed by atoms with E-state index < -0.39 is 0 Å². The van der Waals surface area contributed by atoms with Crippen molar-refractivity contribution in [2.45, 2.75) is 25.7 Å². The molecule has 0 radical (unpaired) electrons. The van der Waals surface area contributed by atoms with E-state index in [1.54, 1.807) is 0 Å². The lowest BCUT2D eigenvalue weighted by molar-refractivity contribution is 0.572. The average molecular weight is 213 g/mol. The highest BCUT2D eigenvalue weighted by atomic mass is 19.1. The molecule has 1 N–H and O–H groups in total. The zero-order chi connectivity index (χ0) is 11.1. The van der Waals surface area contributed by atoms with Gasteiger partial charge in [0.1, 0.15) is 11.6 Å². The fraction of sp³-hybridized carbons (Fsp3) is 0.500. The fourth-order valence-corrected chi connectivity index (χ4v) is 1.53. The molecule has 0 aliphatic carbocycles. The summed E-state index contributed by atoms with van der Waals surface area (Å²) < 4.78 is 26.0. The maximum Gasteiger partial charge on any atom is 0.126 e. The molecule has 0 aliphatic rings. The molecule has 3 heteroatoms. The molecule has 0 aromatic heterocycles. The van der Waals surface area contributed by atoms with Gasteiger partial charge < -0.3 is 5.32 Å². The van der Waals surface area contributed by atoms with E-state index in [1.807, 2.05) is 7.05 Å².